The molecule has 0 saturated carbocycles. The molecule has 2 aromatic heterocycles. The van der Waals surface area contributed by atoms with Gasteiger partial charge in [0.2, 0.25) is 0 Å². The normalized spacial score (nSPS) is 12.9. The van der Waals surface area contributed by atoms with Crippen molar-refractivity contribution in [2.45, 2.75) is 25.9 Å². The second-order valence-corrected chi connectivity index (χ2v) is 13.5. The highest BCUT2D eigenvalue weighted by molar-refractivity contribution is 9.09. The fourth-order valence-electron chi connectivity index (χ4n) is 6.34. The third-order valence-corrected chi connectivity index (χ3v) is 9.35. The second kappa shape index (κ2) is 20.8. The Bertz CT molecular complexity index is 2790. The van der Waals surface area contributed by atoms with Crippen LogP contribution in [0.3, 0.4) is 0 Å². The summed E-state index contributed by atoms with van der Waals surface area (Å²) >= 11 is 2.89. The molecule has 8 rings (SSSR count). The summed E-state index contributed by atoms with van der Waals surface area (Å²) in [6.45, 7) is 4.46. The first kappa shape index (κ1) is 42.9. The van der Waals surface area contributed by atoms with E-state index in [0.717, 1.165) is 36.7 Å². The van der Waals surface area contributed by atoms with Crippen molar-refractivity contribution in [1.82, 2.24) is 29.3 Å². The van der Waals surface area contributed by atoms with Crippen LogP contribution in [0.1, 0.15) is 33.9 Å². The number of nitriles is 2. The van der Waals surface area contributed by atoms with Crippen molar-refractivity contribution in [2.24, 2.45) is 0 Å². The van der Waals surface area contributed by atoms with Gasteiger partial charge in [-0.05, 0) is 72.8 Å². The van der Waals surface area contributed by atoms with Gasteiger partial charge < -0.3 is 5.32 Å². The van der Waals surface area contributed by atoms with Gasteiger partial charge in [-0.25, -0.2) is 18.7 Å². The molecule has 0 bridgehead atoms. The SMILES string of the molecule is Cl.N#CCBr.N#CCN1CCc2nc3cc(C#Cc4cccc(F)c4)ccc3c(=O)n2CC1.O=c1c2ccc(C#Cc3cccc(F)c3)cc2nc2n1CCNCC2. The van der Waals surface area contributed by atoms with Gasteiger partial charge in [-0.2, -0.15) is 10.5 Å². The summed E-state index contributed by atoms with van der Waals surface area (Å²) in [7, 11) is 0. The van der Waals surface area contributed by atoms with Gasteiger partial charge in [0, 0.05) is 74.4 Å². The van der Waals surface area contributed by atoms with E-state index in [2.05, 4.69) is 61.0 Å². The highest BCUT2D eigenvalue weighted by Crippen LogP contribution is 2.15. The van der Waals surface area contributed by atoms with Gasteiger partial charge >= 0.3 is 0 Å². The van der Waals surface area contributed by atoms with E-state index in [1.807, 2.05) is 17.0 Å². The van der Waals surface area contributed by atoms with Crippen LogP contribution in [0.4, 0.5) is 8.78 Å². The minimum Gasteiger partial charge on any atom is -0.315 e. The van der Waals surface area contributed by atoms with Crippen molar-refractivity contribution >= 4 is 50.1 Å². The van der Waals surface area contributed by atoms with E-state index in [0.29, 0.717) is 83.0 Å². The Morgan fingerprint density at radius 1 is 0.638 bits per heavy atom. The third-order valence-electron chi connectivity index (χ3n) is 9.10. The second-order valence-electron chi connectivity index (χ2n) is 12.9. The molecule has 4 aromatic carbocycles. The molecule has 0 saturated heterocycles. The topological polar surface area (TPSA) is 133 Å². The van der Waals surface area contributed by atoms with Gasteiger partial charge in [-0.15, -0.1) is 12.4 Å². The Kier molecular flexibility index (Phi) is 15.4. The molecule has 0 unspecified atom stereocenters. The van der Waals surface area contributed by atoms with Crippen molar-refractivity contribution < 1.29 is 8.78 Å². The van der Waals surface area contributed by atoms with E-state index in [-0.39, 0.29) is 35.2 Å². The van der Waals surface area contributed by atoms with E-state index in [4.69, 9.17) is 10.5 Å². The molecule has 6 aromatic rings. The predicted molar refractivity (Wildman–Crippen MR) is 226 cm³/mol. The number of alkyl halides is 1. The molecule has 0 aliphatic carbocycles. The van der Waals surface area contributed by atoms with Gasteiger partial charge in [-0.1, -0.05) is 51.7 Å². The van der Waals surface area contributed by atoms with Crippen LogP contribution in [0.15, 0.2) is 94.5 Å². The standard InChI is InChI=1S/C22H17FN4O.C20H16FN3O.C2H2BrN.ClH/c23-18-3-1-2-16(14-18)4-5-17-6-7-19-20(15-17)25-21-8-10-26(11-9-24)12-13-27(21)22(19)28;21-16-3-1-2-14(12-16)4-5-15-6-7-17-18(13-15)23-19-8-9-22-10-11-24(19)20(17)25;3-1-2-4;/h1-3,6-7,14-15H,8,10-13H2;1-3,6-7,12-13,22H,8-11H2;1H2;1H. The van der Waals surface area contributed by atoms with Gasteiger partial charge in [0.15, 0.2) is 0 Å². The molecule has 0 fully saturated rings. The number of fused-ring (bicyclic) bond motifs is 4. The molecule has 14 heteroatoms. The van der Waals surface area contributed by atoms with Crippen LogP contribution in [0.5, 0.6) is 0 Å². The van der Waals surface area contributed by atoms with Crippen LogP contribution in [-0.2, 0) is 25.9 Å². The lowest BCUT2D eigenvalue weighted by molar-refractivity contribution is 0.312. The number of hydrogen-bond donors (Lipinski definition) is 1. The molecular weight excluding hydrogens is 826 g/mol. The van der Waals surface area contributed by atoms with Crippen LogP contribution in [-0.4, -0.2) is 62.1 Å². The van der Waals surface area contributed by atoms with Gasteiger partial charge in [-0.3, -0.25) is 23.6 Å². The highest BCUT2D eigenvalue weighted by Gasteiger charge is 2.18. The minimum atomic E-state index is -0.326. The molecule has 58 heavy (non-hydrogen) atoms. The first-order chi connectivity index (χ1) is 27.8. The van der Waals surface area contributed by atoms with E-state index in [1.54, 1.807) is 63.7 Å². The van der Waals surface area contributed by atoms with Crippen LogP contribution in [0.25, 0.3) is 21.8 Å². The molecule has 0 amide bonds. The lowest BCUT2D eigenvalue weighted by atomic mass is 10.1. The summed E-state index contributed by atoms with van der Waals surface area (Å²) in [6.07, 6.45) is 1.34. The lowest BCUT2D eigenvalue weighted by Crippen LogP contribution is -2.29. The number of benzene rings is 4. The van der Waals surface area contributed by atoms with E-state index in [9.17, 15) is 18.4 Å². The predicted octanol–water partition coefficient (Wildman–Crippen LogP) is 5.72. The molecular formula is C44H36BrClF2N8O2. The Hall–Kier alpha value is -6.19. The summed E-state index contributed by atoms with van der Waals surface area (Å²) in [4.78, 5) is 36.9. The Balaban J connectivity index is 0.000000200. The van der Waals surface area contributed by atoms with Crippen LogP contribution < -0.4 is 16.4 Å². The fourth-order valence-corrected chi connectivity index (χ4v) is 6.34. The minimum absolute atomic E-state index is 0. The maximum Gasteiger partial charge on any atom is 0.261 e. The number of hydrogen-bond acceptors (Lipinski definition) is 8. The van der Waals surface area contributed by atoms with Crippen molar-refractivity contribution in [2.75, 3.05) is 38.1 Å². The highest BCUT2D eigenvalue weighted by atomic mass is 79.9. The van der Waals surface area contributed by atoms with Crippen molar-refractivity contribution in [3.8, 4) is 35.8 Å². The van der Waals surface area contributed by atoms with Gasteiger partial charge in [0.25, 0.3) is 11.1 Å². The van der Waals surface area contributed by atoms with Crippen molar-refractivity contribution in [3.05, 3.63) is 151 Å². The lowest BCUT2D eigenvalue weighted by Gasteiger charge is -2.14. The summed E-state index contributed by atoms with van der Waals surface area (Å²) in [5, 5.41) is 21.3. The van der Waals surface area contributed by atoms with Crippen LogP contribution in [0, 0.1) is 58.0 Å². The monoisotopic (exact) mass is 860 g/mol. The number of nitrogens with one attached hydrogen (secondary N) is 1. The molecule has 2 aliphatic rings. The summed E-state index contributed by atoms with van der Waals surface area (Å²) in [6, 6.07) is 27.0. The molecule has 10 nitrogen and oxygen atoms in total. The van der Waals surface area contributed by atoms with Gasteiger partial charge in [0.1, 0.15) is 23.3 Å². The number of aromatic nitrogens is 4. The number of rotatable bonds is 1. The Labute approximate surface area is 348 Å². The average Bonchev–Trinajstić information content (AvgIpc) is 3.59. The first-order valence-corrected chi connectivity index (χ1v) is 19.2. The quantitative estimate of drug-likeness (QED) is 0.126. The van der Waals surface area contributed by atoms with Crippen molar-refractivity contribution in [1.29, 1.82) is 10.5 Å². The zero-order chi connectivity index (χ0) is 40.1. The number of halogens is 4. The van der Waals surface area contributed by atoms with Crippen LogP contribution >= 0.6 is 28.3 Å². The van der Waals surface area contributed by atoms with Gasteiger partial charge in [0.05, 0.1) is 45.8 Å². The maximum absolute atomic E-state index is 13.3. The molecule has 1 N–H and O–H groups in total. The smallest absolute Gasteiger partial charge is 0.261 e. The van der Waals surface area contributed by atoms with E-state index >= 15 is 0 Å². The fraction of sp³-hybridized carbons (Fsp3) is 0.227. The molecule has 0 atom stereocenters. The third kappa shape index (κ3) is 11.0. The molecule has 4 heterocycles. The summed E-state index contributed by atoms with van der Waals surface area (Å²) in [5.74, 6) is 12.8. The van der Waals surface area contributed by atoms with Crippen molar-refractivity contribution in [3.63, 3.8) is 0 Å². The molecule has 0 spiro atoms. The Morgan fingerprint density at radius 3 is 1.64 bits per heavy atom. The summed E-state index contributed by atoms with van der Waals surface area (Å²) in [5.41, 5.74) is 3.86. The zero-order valence-electron chi connectivity index (χ0n) is 31.1. The maximum atomic E-state index is 13.3. The Morgan fingerprint density at radius 2 is 1.14 bits per heavy atom. The van der Waals surface area contributed by atoms with Crippen LogP contribution in [0.2, 0.25) is 0 Å². The molecule has 0 radical (unpaired) electrons. The van der Waals surface area contributed by atoms with E-state index in [1.165, 1.54) is 24.3 Å². The average molecular weight is 862 g/mol. The molecule has 292 valence electrons. The zero-order valence-corrected chi connectivity index (χ0v) is 33.5. The first-order valence-electron chi connectivity index (χ1n) is 18.1. The van der Waals surface area contributed by atoms with E-state index < -0.39 is 0 Å². The summed E-state index contributed by atoms with van der Waals surface area (Å²) < 4.78 is 30.0. The molecule has 2 aliphatic heterocycles. The largest absolute Gasteiger partial charge is 0.315 e. The number of nitrogens with zero attached hydrogens (tertiary/aromatic N) is 7.